The molecule has 2 unspecified atom stereocenters. The molecule has 19 heavy (non-hydrogen) atoms. The molecule has 5 heteroatoms. The molecule has 104 valence electrons. The summed E-state index contributed by atoms with van der Waals surface area (Å²) in [7, 11) is 0. The molecule has 2 aliphatic heterocycles. The van der Waals surface area contributed by atoms with Crippen molar-refractivity contribution in [3.8, 4) is 0 Å². The lowest BCUT2D eigenvalue weighted by Crippen LogP contribution is -2.45. The Morgan fingerprint density at radius 1 is 1.32 bits per heavy atom. The number of rotatable bonds is 2. The van der Waals surface area contributed by atoms with Gasteiger partial charge in [0.2, 0.25) is 0 Å². The van der Waals surface area contributed by atoms with Crippen LogP contribution in [0.1, 0.15) is 37.5 Å². The lowest BCUT2D eigenvalue weighted by molar-refractivity contribution is -0.106. The molecule has 1 aromatic rings. The van der Waals surface area contributed by atoms with E-state index in [-0.39, 0.29) is 11.6 Å². The zero-order valence-electron chi connectivity index (χ0n) is 11.1. The normalized spacial score (nSPS) is 28.2. The summed E-state index contributed by atoms with van der Waals surface area (Å²) in [6.45, 7) is 0.829. The van der Waals surface area contributed by atoms with Crippen molar-refractivity contribution in [2.24, 2.45) is 11.7 Å². The van der Waals surface area contributed by atoms with Crippen LogP contribution >= 0.6 is 11.8 Å². The summed E-state index contributed by atoms with van der Waals surface area (Å²) in [6.07, 6.45) is 7.96. The number of hydrogen-bond acceptors (Lipinski definition) is 5. The molecule has 0 radical (unpaired) electrons. The molecule has 2 fully saturated rings. The van der Waals surface area contributed by atoms with Gasteiger partial charge in [-0.05, 0) is 49.2 Å². The maximum absolute atomic E-state index is 6.37. The highest BCUT2D eigenvalue weighted by Crippen LogP contribution is 2.42. The van der Waals surface area contributed by atoms with Gasteiger partial charge in [-0.1, -0.05) is 0 Å². The second-order valence-corrected chi connectivity index (χ2v) is 6.75. The Hall–Kier alpha value is -0.650. The van der Waals surface area contributed by atoms with E-state index in [1.54, 1.807) is 12.4 Å². The maximum atomic E-state index is 6.37. The van der Waals surface area contributed by atoms with Crippen molar-refractivity contribution in [3.63, 3.8) is 0 Å². The number of ether oxygens (including phenoxy) is 1. The standard InChI is InChI=1S/C14H21N3OS/c15-12(13-16-5-1-6-17-13)11-2-7-18-14(10-11)3-8-19-9-4-14/h1,5-6,11-12H,2-4,7-10,15H2. The Balaban J connectivity index is 1.71. The highest BCUT2D eigenvalue weighted by Gasteiger charge is 2.41. The number of aromatic nitrogens is 2. The van der Waals surface area contributed by atoms with Crippen molar-refractivity contribution in [2.75, 3.05) is 18.1 Å². The highest BCUT2D eigenvalue weighted by molar-refractivity contribution is 7.99. The summed E-state index contributed by atoms with van der Waals surface area (Å²) in [5, 5.41) is 0. The molecular weight excluding hydrogens is 258 g/mol. The van der Waals surface area contributed by atoms with Crippen molar-refractivity contribution in [1.82, 2.24) is 9.97 Å². The molecule has 2 aliphatic rings. The third-order valence-corrected chi connectivity index (χ3v) is 5.31. The van der Waals surface area contributed by atoms with Crippen LogP contribution in [0.3, 0.4) is 0 Å². The van der Waals surface area contributed by atoms with Crippen molar-refractivity contribution in [3.05, 3.63) is 24.3 Å². The Morgan fingerprint density at radius 2 is 2.05 bits per heavy atom. The summed E-state index contributed by atoms with van der Waals surface area (Å²) in [6, 6.07) is 1.77. The van der Waals surface area contributed by atoms with Crippen molar-refractivity contribution in [1.29, 1.82) is 0 Å². The minimum absolute atomic E-state index is 0.0587. The van der Waals surface area contributed by atoms with Crippen LogP contribution in [-0.2, 0) is 4.74 Å². The molecule has 2 atom stereocenters. The van der Waals surface area contributed by atoms with Crippen LogP contribution in [0.4, 0.5) is 0 Å². The van der Waals surface area contributed by atoms with E-state index < -0.39 is 0 Å². The predicted molar refractivity (Wildman–Crippen MR) is 76.9 cm³/mol. The lowest BCUT2D eigenvalue weighted by atomic mass is 9.78. The quantitative estimate of drug-likeness (QED) is 0.899. The van der Waals surface area contributed by atoms with Gasteiger partial charge in [0.25, 0.3) is 0 Å². The first-order chi connectivity index (χ1) is 9.29. The van der Waals surface area contributed by atoms with E-state index in [0.29, 0.717) is 5.92 Å². The molecule has 3 heterocycles. The van der Waals surface area contributed by atoms with Gasteiger partial charge in [-0.3, -0.25) is 0 Å². The molecule has 0 amide bonds. The minimum Gasteiger partial charge on any atom is -0.375 e. The van der Waals surface area contributed by atoms with Crippen LogP contribution in [-0.4, -0.2) is 33.7 Å². The Morgan fingerprint density at radius 3 is 2.79 bits per heavy atom. The Labute approximate surface area is 118 Å². The predicted octanol–water partition coefficient (Wildman–Crippen LogP) is 2.17. The van der Waals surface area contributed by atoms with Gasteiger partial charge >= 0.3 is 0 Å². The zero-order valence-corrected chi connectivity index (χ0v) is 11.9. The van der Waals surface area contributed by atoms with E-state index in [2.05, 4.69) is 9.97 Å². The van der Waals surface area contributed by atoms with E-state index >= 15 is 0 Å². The molecular formula is C14H21N3OS. The van der Waals surface area contributed by atoms with Gasteiger partial charge in [0, 0.05) is 19.0 Å². The molecule has 0 bridgehead atoms. The number of nitrogens with two attached hydrogens (primary N) is 1. The second kappa shape index (κ2) is 5.77. The van der Waals surface area contributed by atoms with Crippen LogP contribution in [0, 0.1) is 5.92 Å². The minimum atomic E-state index is -0.0587. The third-order valence-electron chi connectivity index (χ3n) is 4.33. The Bertz CT molecular complexity index is 403. The zero-order chi connectivity index (χ0) is 13.1. The second-order valence-electron chi connectivity index (χ2n) is 5.53. The first-order valence-electron chi connectivity index (χ1n) is 7.03. The van der Waals surface area contributed by atoms with Crippen LogP contribution in [0.15, 0.2) is 18.5 Å². The molecule has 1 aromatic heterocycles. The van der Waals surface area contributed by atoms with Gasteiger partial charge in [-0.2, -0.15) is 11.8 Å². The monoisotopic (exact) mass is 279 g/mol. The average molecular weight is 279 g/mol. The van der Waals surface area contributed by atoms with Gasteiger partial charge < -0.3 is 10.5 Å². The molecule has 0 aromatic carbocycles. The third kappa shape index (κ3) is 2.93. The molecule has 4 nitrogen and oxygen atoms in total. The van der Waals surface area contributed by atoms with Crippen molar-refractivity contribution in [2.45, 2.75) is 37.3 Å². The highest BCUT2D eigenvalue weighted by atomic mass is 32.2. The molecule has 2 N–H and O–H groups in total. The lowest BCUT2D eigenvalue weighted by Gasteiger charge is -2.44. The van der Waals surface area contributed by atoms with Gasteiger partial charge in [0.05, 0.1) is 11.6 Å². The average Bonchev–Trinajstić information content (AvgIpc) is 2.48. The summed E-state index contributed by atoms with van der Waals surface area (Å²) in [5.74, 6) is 3.64. The molecule has 2 saturated heterocycles. The van der Waals surface area contributed by atoms with Crippen molar-refractivity contribution >= 4 is 11.8 Å². The number of nitrogens with zero attached hydrogens (tertiary/aromatic N) is 2. The fourth-order valence-corrected chi connectivity index (χ4v) is 4.39. The summed E-state index contributed by atoms with van der Waals surface area (Å²) in [5.41, 5.74) is 6.46. The smallest absolute Gasteiger partial charge is 0.145 e. The summed E-state index contributed by atoms with van der Waals surface area (Å²) >= 11 is 2.03. The number of hydrogen-bond donors (Lipinski definition) is 1. The first kappa shape index (κ1) is 13.3. The van der Waals surface area contributed by atoms with Crippen molar-refractivity contribution < 1.29 is 4.74 Å². The van der Waals surface area contributed by atoms with Crippen LogP contribution in [0.25, 0.3) is 0 Å². The van der Waals surface area contributed by atoms with Gasteiger partial charge in [0.1, 0.15) is 5.82 Å². The number of thioether (sulfide) groups is 1. The van der Waals surface area contributed by atoms with E-state index in [1.807, 2.05) is 17.8 Å². The first-order valence-corrected chi connectivity index (χ1v) is 8.19. The van der Waals surface area contributed by atoms with Gasteiger partial charge in [-0.15, -0.1) is 0 Å². The van der Waals surface area contributed by atoms with Crippen LogP contribution in [0.2, 0.25) is 0 Å². The van der Waals surface area contributed by atoms with Gasteiger partial charge in [-0.25, -0.2) is 9.97 Å². The molecule has 3 rings (SSSR count). The summed E-state index contributed by atoms with van der Waals surface area (Å²) in [4.78, 5) is 8.61. The molecule has 0 saturated carbocycles. The molecule has 1 spiro atoms. The van der Waals surface area contributed by atoms with Crippen LogP contribution < -0.4 is 5.73 Å². The van der Waals surface area contributed by atoms with E-state index in [4.69, 9.17) is 10.5 Å². The van der Waals surface area contributed by atoms with E-state index in [0.717, 1.165) is 38.1 Å². The summed E-state index contributed by atoms with van der Waals surface area (Å²) < 4.78 is 6.11. The Kier molecular flexibility index (Phi) is 4.05. The van der Waals surface area contributed by atoms with E-state index in [1.165, 1.54) is 11.5 Å². The fourth-order valence-electron chi connectivity index (χ4n) is 3.16. The molecule has 0 aliphatic carbocycles. The van der Waals surface area contributed by atoms with E-state index in [9.17, 15) is 0 Å². The van der Waals surface area contributed by atoms with Gasteiger partial charge in [0.15, 0.2) is 0 Å². The maximum Gasteiger partial charge on any atom is 0.145 e. The largest absolute Gasteiger partial charge is 0.375 e. The van der Waals surface area contributed by atoms with Crippen LogP contribution in [0.5, 0.6) is 0 Å². The topological polar surface area (TPSA) is 61.0 Å². The SMILES string of the molecule is NC(c1ncccn1)C1CCOC2(CCSCC2)C1. The fraction of sp³-hybridized carbons (Fsp3) is 0.714.